The molecule has 2 heterocycles. The number of fused-ring (bicyclic) bond motifs is 9. The van der Waals surface area contributed by atoms with E-state index in [2.05, 4.69) is 228 Å². The van der Waals surface area contributed by atoms with E-state index < -0.39 is 0 Å². The lowest BCUT2D eigenvalue weighted by Gasteiger charge is -2.27. The fraction of sp³-hybridized carbons (Fsp3) is 0. The predicted octanol–water partition coefficient (Wildman–Crippen LogP) is 15.8. The number of nitrogens with zero attached hydrogens (tertiary/aromatic N) is 2. The molecule has 0 unspecified atom stereocenters. The molecule has 0 amide bonds. The number of hydrogen-bond acceptors (Lipinski definition) is 2. The fourth-order valence-corrected chi connectivity index (χ4v) is 9.34. The minimum absolute atomic E-state index is 0.863. The number of para-hydroxylation sites is 2. The maximum absolute atomic E-state index is 6.73. The van der Waals surface area contributed by atoms with Crippen LogP contribution in [-0.4, -0.2) is 4.57 Å². The van der Waals surface area contributed by atoms with E-state index in [0.29, 0.717) is 0 Å². The minimum atomic E-state index is 0.863. The van der Waals surface area contributed by atoms with Gasteiger partial charge in [-0.3, -0.25) is 0 Å². The number of anilines is 3. The summed E-state index contributed by atoms with van der Waals surface area (Å²) in [5.74, 6) is 0. The number of benzene rings is 10. The maximum atomic E-state index is 6.73. The van der Waals surface area contributed by atoms with E-state index in [-0.39, 0.29) is 0 Å². The highest BCUT2D eigenvalue weighted by Gasteiger charge is 2.22. The summed E-state index contributed by atoms with van der Waals surface area (Å²) in [7, 11) is 0. The van der Waals surface area contributed by atoms with Crippen LogP contribution in [0.15, 0.2) is 223 Å². The SMILES string of the molecule is c1ccc(-n2c3ccccc3c3c(-c4ccc(N(c5cccc(-c6cccc7ccccc67)c5)c5cccc6oc7c8ccccc8ccc7c56)cc4)cccc32)cc1. The molecular formula is C56H36N2O. The topological polar surface area (TPSA) is 21.3 Å². The van der Waals surface area contributed by atoms with Gasteiger partial charge in [-0.2, -0.15) is 0 Å². The third-order valence-electron chi connectivity index (χ3n) is 12.0. The van der Waals surface area contributed by atoms with Crippen molar-refractivity contribution in [1.82, 2.24) is 4.57 Å². The molecule has 0 aliphatic heterocycles. The third-order valence-corrected chi connectivity index (χ3v) is 12.0. The molecule has 12 aromatic rings. The summed E-state index contributed by atoms with van der Waals surface area (Å²) < 4.78 is 9.11. The van der Waals surface area contributed by atoms with Gasteiger partial charge in [-0.05, 0) is 105 Å². The zero-order chi connectivity index (χ0) is 38.9. The van der Waals surface area contributed by atoms with Crippen LogP contribution in [0.2, 0.25) is 0 Å². The third kappa shape index (κ3) is 5.29. The van der Waals surface area contributed by atoms with Crippen molar-refractivity contribution in [1.29, 1.82) is 0 Å². The lowest BCUT2D eigenvalue weighted by Crippen LogP contribution is -2.10. The second-order valence-electron chi connectivity index (χ2n) is 15.3. The van der Waals surface area contributed by atoms with Crippen LogP contribution in [0.5, 0.6) is 0 Å². The molecule has 10 aromatic carbocycles. The van der Waals surface area contributed by atoms with E-state index in [0.717, 1.165) is 61.0 Å². The molecule has 0 spiro atoms. The van der Waals surface area contributed by atoms with Crippen molar-refractivity contribution in [2.24, 2.45) is 0 Å². The Morgan fingerprint density at radius 1 is 0.373 bits per heavy atom. The summed E-state index contributed by atoms with van der Waals surface area (Å²) in [4.78, 5) is 2.40. The molecule has 2 aromatic heterocycles. The summed E-state index contributed by atoms with van der Waals surface area (Å²) in [5, 5.41) is 9.42. The lowest BCUT2D eigenvalue weighted by molar-refractivity contribution is 0.672. The van der Waals surface area contributed by atoms with Crippen molar-refractivity contribution in [2.75, 3.05) is 4.90 Å². The van der Waals surface area contributed by atoms with Gasteiger partial charge in [0.15, 0.2) is 0 Å². The molecule has 0 atom stereocenters. The summed E-state index contributed by atoms with van der Waals surface area (Å²) in [6.07, 6.45) is 0. The molecule has 0 N–H and O–H groups in total. The van der Waals surface area contributed by atoms with E-state index in [4.69, 9.17) is 4.42 Å². The first-order valence-corrected chi connectivity index (χ1v) is 20.2. The standard InChI is InChI=1S/C56H36N2O/c1-2-18-41(19-3-1)58-50-26-9-8-23-48(50)54-46(25-12-27-51(54)58)39-30-33-42(34-31-39)57(43-20-10-17-40(36-43)45-24-11-16-37-14-4-6-21-44(37)45)52-28-13-29-53-55(52)49-35-32-38-15-5-7-22-47(38)56(49)59-53/h1-36H. The molecule has 0 saturated carbocycles. The van der Waals surface area contributed by atoms with Crippen molar-refractivity contribution in [2.45, 2.75) is 0 Å². The Morgan fingerprint density at radius 2 is 1.03 bits per heavy atom. The smallest absolute Gasteiger partial charge is 0.143 e. The van der Waals surface area contributed by atoms with E-state index in [1.807, 2.05) is 0 Å². The van der Waals surface area contributed by atoms with Gasteiger partial charge in [-0.25, -0.2) is 0 Å². The first kappa shape index (κ1) is 33.3. The minimum Gasteiger partial charge on any atom is -0.455 e. The van der Waals surface area contributed by atoms with Crippen LogP contribution in [0.1, 0.15) is 0 Å². The van der Waals surface area contributed by atoms with Gasteiger partial charge in [0.1, 0.15) is 11.2 Å². The van der Waals surface area contributed by atoms with Crippen molar-refractivity contribution in [3.63, 3.8) is 0 Å². The first-order valence-electron chi connectivity index (χ1n) is 20.2. The molecule has 12 rings (SSSR count). The second-order valence-corrected chi connectivity index (χ2v) is 15.3. The molecule has 0 bridgehead atoms. The van der Waals surface area contributed by atoms with E-state index in [1.54, 1.807) is 0 Å². The normalized spacial score (nSPS) is 11.7. The van der Waals surface area contributed by atoms with Crippen molar-refractivity contribution in [3.8, 4) is 27.9 Å². The first-order chi connectivity index (χ1) is 29.3. The van der Waals surface area contributed by atoms with Crippen molar-refractivity contribution >= 4 is 82.4 Å². The summed E-state index contributed by atoms with van der Waals surface area (Å²) >= 11 is 0. The van der Waals surface area contributed by atoms with Gasteiger partial charge in [0, 0.05) is 38.6 Å². The van der Waals surface area contributed by atoms with Crippen LogP contribution >= 0.6 is 0 Å². The van der Waals surface area contributed by atoms with Gasteiger partial charge in [0.05, 0.1) is 22.1 Å². The van der Waals surface area contributed by atoms with Crippen LogP contribution < -0.4 is 4.90 Å². The van der Waals surface area contributed by atoms with Crippen molar-refractivity contribution < 1.29 is 4.42 Å². The number of rotatable bonds is 6. The molecule has 0 aliphatic carbocycles. The number of aromatic nitrogens is 1. The predicted molar refractivity (Wildman–Crippen MR) is 249 cm³/mol. The van der Waals surface area contributed by atoms with Gasteiger partial charge in [-0.15, -0.1) is 0 Å². The van der Waals surface area contributed by atoms with E-state index in [9.17, 15) is 0 Å². The molecule has 59 heavy (non-hydrogen) atoms. The largest absolute Gasteiger partial charge is 0.455 e. The summed E-state index contributed by atoms with van der Waals surface area (Å²) in [5.41, 5.74) is 13.3. The molecule has 276 valence electrons. The van der Waals surface area contributed by atoms with Crippen LogP contribution in [0.25, 0.3) is 93.2 Å². The molecule has 0 aliphatic rings. The Hall–Kier alpha value is -7.88. The van der Waals surface area contributed by atoms with Crippen molar-refractivity contribution in [3.05, 3.63) is 218 Å². The summed E-state index contributed by atoms with van der Waals surface area (Å²) in [6.45, 7) is 0. The van der Waals surface area contributed by atoms with Gasteiger partial charge in [0.25, 0.3) is 0 Å². The van der Waals surface area contributed by atoms with Crippen LogP contribution in [0, 0.1) is 0 Å². The zero-order valence-corrected chi connectivity index (χ0v) is 32.1. The summed E-state index contributed by atoms with van der Waals surface area (Å²) in [6, 6.07) is 78.7. The van der Waals surface area contributed by atoms with E-state index in [1.165, 1.54) is 49.3 Å². The molecule has 0 saturated heterocycles. The average Bonchev–Trinajstić information content (AvgIpc) is 3.87. The van der Waals surface area contributed by atoms with Gasteiger partial charge >= 0.3 is 0 Å². The highest BCUT2D eigenvalue weighted by molar-refractivity contribution is 6.20. The Kier molecular flexibility index (Phi) is 7.54. The Labute approximate surface area is 341 Å². The Bertz CT molecular complexity index is 3550. The van der Waals surface area contributed by atoms with Crippen LogP contribution in [0.4, 0.5) is 17.1 Å². The van der Waals surface area contributed by atoms with Gasteiger partial charge in [0.2, 0.25) is 0 Å². The molecular weight excluding hydrogens is 717 g/mol. The van der Waals surface area contributed by atoms with Gasteiger partial charge < -0.3 is 13.9 Å². The second kappa shape index (κ2) is 13.4. The Balaban J connectivity index is 1.06. The van der Waals surface area contributed by atoms with Crippen LogP contribution in [0.3, 0.4) is 0 Å². The average molecular weight is 753 g/mol. The highest BCUT2D eigenvalue weighted by Crippen LogP contribution is 2.46. The van der Waals surface area contributed by atoms with Crippen LogP contribution in [-0.2, 0) is 0 Å². The Morgan fingerprint density at radius 3 is 1.90 bits per heavy atom. The number of hydrogen-bond donors (Lipinski definition) is 0. The molecule has 0 fully saturated rings. The maximum Gasteiger partial charge on any atom is 0.143 e. The molecule has 0 radical (unpaired) electrons. The monoisotopic (exact) mass is 752 g/mol. The quantitative estimate of drug-likeness (QED) is 0.169. The fourth-order valence-electron chi connectivity index (χ4n) is 9.34. The van der Waals surface area contributed by atoms with E-state index >= 15 is 0 Å². The molecule has 3 heteroatoms. The highest BCUT2D eigenvalue weighted by atomic mass is 16.3. The number of furan rings is 1. The van der Waals surface area contributed by atoms with Gasteiger partial charge in [-0.1, -0.05) is 152 Å². The zero-order valence-electron chi connectivity index (χ0n) is 32.1. The lowest BCUT2D eigenvalue weighted by atomic mass is 9.97. The molecule has 3 nitrogen and oxygen atoms in total.